The van der Waals surface area contributed by atoms with Gasteiger partial charge in [0.1, 0.15) is 11.6 Å². The van der Waals surface area contributed by atoms with Gasteiger partial charge >= 0.3 is 0 Å². The lowest BCUT2D eigenvalue weighted by Gasteiger charge is -2.22. The molecule has 17 heavy (non-hydrogen) atoms. The van der Waals surface area contributed by atoms with Gasteiger partial charge in [0, 0.05) is 19.1 Å². The summed E-state index contributed by atoms with van der Waals surface area (Å²) in [4.78, 5) is 10.9. The number of hydrogen-bond donors (Lipinski definition) is 1. The maximum absolute atomic E-state index is 8.68. The van der Waals surface area contributed by atoms with Crippen LogP contribution in [0.2, 0.25) is 0 Å². The molecule has 5 heteroatoms. The summed E-state index contributed by atoms with van der Waals surface area (Å²) in [5.41, 5.74) is 0. The highest BCUT2D eigenvalue weighted by Crippen LogP contribution is 2.30. The molecule has 1 saturated carbocycles. The Morgan fingerprint density at radius 2 is 2.35 bits per heavy atom. The van der Waals surface area contributed by atoms with E-state index in [0.717, 1.165) is 24.7 Å². The Morgan fingerprint density at radius 1 is 1.53 bits per heavy atom. The molecule has 0 saturated heterocycles. The van der Waals surface area contributed by atoms with Crippen molar-refractivity contribution in [3.63, 3.8) is 0 Å². The average molecular weight is 231 g/mol. The largest absolute Gasteiger partial charge is 0.369 e. The number of nitrogens with zero attached hydrogens (tertiary/aromatic N) is 4. The first-order valence-corrected chi connectivity index (χ1v) is 6.04. The van der Waals surface area contributed by atoms with E-state index in [1.54, 1.807) is 12.4 Å². The standard InChI is InChI=1S/C12H17N5/c1-2-15-11-8-14-9-12(16-11)17(7-3-6-13)10-4-5-10/h8-10H,2-5,7H2,1H3,(H,15,16). The van der Waals surface area contributed by atoms with Crippen LogP contribution in [0, 0.1) is 11.3 Å². The second kappa shape index (κ2) is 5.48. The van der Waals surface area contributed by atoms with Crippen LogP contribution in [0.25, 0.3) is 0 Å². The van der Waals surface area contributed by atoms with Crippen LogP contribution in [0.15, 0.2) is 12.4 Å². The molecule has 0 amide bonds. The average Bonchev–Trinajstić information content (AvgIpc) is 3.15. The first-order chi connectivity index (χ1) is 8.35. The molecule has 0 atom stereocenters. The summed E-state index contributed by atoms with van der Waals surface area (Å²) in [6, 6.07) is 2.74. The summed E-state index contributed by atoms with van der Waals surface area (Å²) in [5, 5.41) is 11.8. The summed E-state index contributed by atoms with van der Waals surface area (Å²) in [5.74, 6) is 1.67. The first-order valence-electron chi connectivity index (χ1n) is 6.04. The lowest BCUT2D eigenvalue weighted by molar-refractivity contribution is 0.775. The number of hydrogen-bond acceptors (Lipinski definition) is 5. The molecule has 2 rings (SSSR count). The minimum atomic E-state index is 0.531. The van der Waals surface area contributed by atoms with Crippen LogP contribution in [0.3, 0.4) is 0 Å². The summed E-state index contributed by atoms with van der Waals surface area (Å²) in [6.07, 6.45) is 6.42. The van der Waals surface area contributed by atoms with Gasteiger partial charge in [-0.15, -0.1) is 0 Å². The van der Waals surface area contributed by atoms with Crippen LogP contribution in [-0.2, 0) is 0 Å². The Labute approximate surface area is 101 Å². The van der Waals surface area contributed by atoms with Crippen LogP contribution < -0.4 is 10.2 Å². The molecule has 0 unspecified atom stereocenters. The Bertz CT molecular complexity index is 408. The van der Waals surface area contributed by atoms with Crippen molar-refractivity contribution in [1.29, 1.82) is 5.26 Å². The van der Waals surface area contributed by atoms with Gasteiger partial charge < -0.3 is 10.2 Å². The van der Waals surface area contributed by atoms with Crippen molar-refractivity contribution >= 4 is 11.6 Å². The molecular formula is C12H17N5. The van der Waals surface area contributed by atoms with E-state index < -0.39 is 0 Å². The molecule has 1 fully saturated rings. The molecular weight excluding hydrogens is 214 g/mol. The third-order valence-corrected chi connectivity index (χ3v) is 2.73. The van der Waals surface area contributed by atoms with E-state index in [4.69, 9.17) is 5.26 Å². The van der Waals surface area contributed by atoms with E-state index in [0.29, 0.717) is 12.5 Å². The molecule has 0 bridgehead atoms. The maximum Gasteiger partial charge on any atom is 0.149 e. The zero-order valence-electron chi connectivity index (χ0n) is 10.1. The van der Waals surface area contributed by atoms with Crippen LogP contribution in [-0.4, -0.2) is 29.1 Å². The van der Waals surface area contributed by atoms with E-state index in [1.807, 2.05) is 6.92 Å². The van der Waals surface area contributed by atoms with E-state index in [-0.39, 0.29) is 0 Å². The Balaban J connectivity index is 2.11. The fourth-order valence-electron chi connectivity index (χ4n) is 1.80. The van der Waals surface area contributed by atoms with Crippen molar-refractivity contribution in [2.45, 2.75) is 32.2 Å². The van der Waals surface area contributed by atoms with Crippen LogP contribution in [0.4, 0.5) is 11.6 Å². The van der Waals surface area contributed by atoms with E-state index in [9.17, 15) is 0 Å². The topological polar surface area (TPSA) is 64.8 Å². The van der Waals surface area contributed by atoms with Crippen LogP contribution in [0.5, 0.6) is 0 Å². The predicted octanol–water partition coefficient (Wildman–Crippen LogP) is 1.79. The molecule has 1 N–H and O–H groups in total. The fraction of sp³-hybridized carbons (Fsp3) is 0.583. The third kappa shape index (κ3) is 3.06. The molecule has 90 valence electrons. The smallest absolute Gasteiger partial charge is 0.149 e. The summed E-state index contributed by atoms with van der Waals surface area (Å²) in [7, 11) is 0. The van der Waals surface area contributed by atoms with Crippen LogP contribution in [0.1, 0.15) is 26.2 Å². The van der Waals surface area contributed by atoms with Crippen molar-refractivity contribution in [3.8, 4) is 6.07 Å². The Hall–Kier alpha value is -1.83. The van der Waals surface area contributed by atoms with Gasteiger partial charge in [0.2, 0.25) is 0 Å². The zero-order chi connectivity index (χ0) is 12.1. The number of rotatable bonds is 6. The second-order valence-corrected chi connectivity index (χ2v) is 4.13. The maximum atomic E-state index is 8.68. The van der Waals surface area contributed by atoms with E-state index >= 15 is 0 Å². The summed E-state index contributed by atoms with van der Waals surface area (Å²) < 4.78 is 0. The van der Waals surface area contributed by atoms with Gasteiger partial charge in [-0.1, -0.05) is 0 Å². The molecule has 0 radical (unpaired) electrons. The molecule has 0 spiro atoms. The quantitative estimate of drug-likeness (QED) is 0.808. The molecule has 0 aliphatic heterocycles. The van der Waals surface area contributed by atoms with Gasteiger partial charge in [-0.05, 0) is 19.8 Å². The fourth-order valence-corrected chi connectivity index (χ4v) is 1.80. The van der Waals surface area contributed by atoms with Crippen molar-refractivity contribution in [3.05, 3.63) is 12.4 Å². The van der Waals surface area contributed by atoms with Gasteiger partial charge in [0.25, 0.3) is 0 Å². The zero-order valence-corrected chi connectivity index (χ0v) is 10.1. The van der Waals surface area contributed by atoms with Gasteiger partial charge in [0.05, 0.1) is 24.9 Å². The van der Waals surface area contributed by atoms with Gasteiger partial charge in [-0.3, -0.25) is 4.98 Å². The molecule has 0 aromatic carbocycles. The number of nitriles is 1. The van der Waals surface area contributed by atoms with Crippen LogP contribution >= 0.6 is 0 Å². The minimum Gasteiger partial charge on any atom is -0.369 e. The monoisotopic (exact) mass is 231 g/mol. The Morgan fingerprint density at radius 3 is 3.00 bits per heavy atom. The lowest BCUT2D eigenvalue weighted by atomic mass is 10.4. The Kier molecular flexibility index (Phi) is 3.76. The molecule has 1 aromatic heterocycles. The van der Waals surface area contributed by atoms with Crippen molar-refractivity contribution in [2.24, 2.45) is 0 Å². The number of anilines is 2. The number of nitrogens with one attached hydrogen (secondary N) is 1. The second-order valence-electron chi connectivity index (χ2n) is 4.13. The van der Waals surface area contributed by atoms with Crippen molar-refractivity contribution < 1.29 is 0 Å². The normalized spacial score (nSPS) is 14.1. The highest BCUT2D eigenvalue weighted by molar-refractivity contribution is 5.45. The van der Waals surface area contributed by atoms with E-state index in [1.165, 1.54) is 12.8 Å². The minimum absolute atomic E-state index is 0.531. The molecule has 1 aliphatic carbocycles. The molecule has 5 nitrogen and oxygen atoms in total. The van der Waals surface area contributed by atoms with Gasteiger partial charge in [-0.2, -0.15) is 5.26 Å². The summed E-state index contributed by atoms with van der Waals surface area (Å²) in [6.45, 7) is 3.61. The summed E-state index contributed by atoms with van der Waals surface area (Å²) >= 11 is 0. The third-order valence-electron chi connectivity index (χ3n) is 2.73. The lowest BCUT2D eigenvalue weighted by Crippen LogP contribution is -2.27. The van der Waals surface area contributed by atoms with Gasteiger partial charge in [0.15, 0.2) is 0 Å². The first kappa shape index (κ1) is 11.6. The molecule has 1 aliphatic rings. The molecule has 1 heterocycles. The van der Waals surface area contributed by atoms with Crippen molar-refractivity contribution in [1.82, 2.24) is 9.97 Å². The van der Waals surface area contributed by atoms with Crippen molar-refractivity contribution in [2.75, 3.05) is 23.3 Å². The highest BCUT2D eigenvalue weighted by Gasteiger charge is 2.29. The van der Waals surface area contributed by atoms with E-state index in [2.05, 4.69) is 26.3 Å². The number of aromatic nitrogens is 2. The van der Waals surface area contributed by atoms with Gasteiger partial charge in [-0.25, -0.2) is 4.98 Å². The highest BCUT2D eigenvalue weighted by atomic mass is 15.2. The SMILES string of the molecule is CCNc1cncc(N(CCC#N)C2CC2)n1. The molecule has 1 aromatic rings. The predicted molar refractivity (Wildman–Crippen MR) is 66.8 cm³/mol.